The molecule has 336 valence electrons. The van der Waals surface area contributed by atoms with Crippen LogP contribution in [-0.4, -0.2) is 40.8 Å². The summed E-state index contributed by atoms with van der Waals surface area (Å²) in [6.45, 7) is 9.96. The second kappa shape index (κ2) is 16.4. The lowest BCUT2D eigenvalue weighted by Gasteiger charge is -2.52. The fourth-order valence-corrected chi connectivity index (χ4v) is 14.0. The Morgan fingerprint density at radius 1 is 0.554 bits per heavy atom. The highest BCUT2D eigenvalue weighted by Crippen LogP contribution is 2.67. The Morgan fingerprint density at radius 2 is 1.14 bits per heavy atom. The molecule has 2 saturated carbocycles. The van der Waals surface area contributed by atoms with Crippen molar-refractivity contribution in [1.29, 1.82) is 0 Å². The molecule has 0 radical (unpaired) electrons. The zero-order chi connectivity index (χ0) is 45.3. The van der Waals surface area contributed by atoms with E-state index in [0.717, 1.165) is 86.6 Å². The lowest BCUT2D eigenvalue weighted by molar-refractivity contribution is 0.0641. The summed E-state index contributed by atoms with van der Waals surface area (Å²) in [5.74, 6) is 4.62. The minimum atomic E-state index is -0.988. The number of hydrogen-bond donors (Lipinski definition) is 0. The van der Waals surface area contributed by atoms with Gasteiger partial charge in [0.05, 0.1) is 35.5 Å². The average Bonchev–Trinajstić information content (AvgIpc) is 3.57. The SMILES string of the molecule is COc1ccc(C2(c3ccc(OC)cc3)C=Cc3c4c(c5cc(OC)c(-c6ccc(OC)cc6OC)cc5c3O2)-c2ccc(SC3CCCCC3)cc2C42CC(C)(C)CC(C)(C)C2)cc1. The number of ether oxygens (including phenoxy) is 6. The maximum atomic E-state index is 7.93. The zero-order valence-electron chi connectivity index (χ0n) is 39.5. The molecule has 0 bridgehead atoms. The Balaban J connectivity index is 1.31. The van der Waals surface area contributed by atoms with E-state index in [1.807, 2.05) is 36.4 Å². The zero-order valence-corrected chi connectivity index (χ0v) is 40.3. The minimum absolute atomic E-state index is 0.0800. The van der Waals surface area contributed by atoms with Crippen molar-refractivity contribution in [2.75, 3.05) is 35.5 Å². The molecule has 1 spiro atoms. The maximum absolute atomic E-state index is 7.93. The average molecular weight is 887 g/mol. The van der Waals surface area contributed by atoms with Crippen LogP contribution in [0.4, 0.5) is 0 Å². The molecule has 0 atom stereocenters. The molecular formula is C58H62O6S. The normalized spacial score (nSPS) is 18.6. The number of hydrogen-bond acceptors (Lipinski definition) is 7. The maximum Gasteiger partial charge on any atom is 0.178 e. The van der Waals surface area contributed by atoms with Crippen molar-refractivity contribution in [2.45, 2.75) is 100 Å². The van der Waals surface area contributed by atoms with Crippen molar-refractivity contribution < 1.29 is 28.4 Å². The van der Waals surface area contributed by atoms with Gasteiger partial charge in [0.25, 0.3) is 0 Å². The Kier molecular flexibility index (Phi) is 11.0. The van der Waals surface area contributed by atoms with E-state index < -0.39 is 5.60 Å². The second-order valence-electron chi connectivity index (χ2n) is 20.3. The lowest BCUT2D eigenvalue weighted by Crippen LogP contribution is -2.44. The van der Waals surface area contributed by atoms with Gasteiger partial charge in [0, 0.05) is 54.8 Å². The fraction of sp³-hybridized carbons (Fsp3) is 0.379. The number of methoxy groups -OCH3 is 5. The summed E-state index contributed by atoms with van der Waals surface area (Å²) >= 11 is 2.10. The molecule has 0 saturated heterocycles. The van der Waals surface area contributed by atoms with Crippen molar-refractivity contribution in [1.82, 2.24) is 0 Å². The van der Waals surface area contributed by atoms with Crippen LogP contribution < -0.4 is 28.4 Å². The van der Waals surface area contributed by atoms with Crippen LogP contribution in [0.15, 0.2) is 108 Å². The van der Waals surface area contributed by atoms with Crippen molar-refractivity contribution in [3.8, 4) is 56.8 Å². The summed E-state index contributed by atoms with van der Waals surface area (Å²) in [6, 6.07) is 34.6. The van der Waals surface area contributed by atoms with Crippen molar-refractivity contribution in [3.05, 3.63) is 131 Å². The van der Waals surface area contributed by atoms with Crippen LogP contribution in [-0.2, 0) is 11.0 Å². The summed E-state index contributed by atoms with van der Waals surface area (Å²) in [7, 11) is 8.57. The van der Waals surface area contributed by atoms with Gasteiger partial charge >= 0.3 is 0 Å². The molecule has 1 heterocycles. The number of rotatable bonds is 10. The molecule has 6 aromatic carbocycles. The summed E-state index contributed by atoms with van der Waals surface area (Å²) in [6.07, 6.45) is 14.5. The third-order valence-corrected chi connectivity index (χ3v) is 16.1. The van der Waals surface area contributed by atoms with Crippen LogP contribution in [0.2, 0.25) is 0 Å². The van der Waals surface area contributed by atoms with Crippen LogP contribution in [0.1, 0.15) is 107 Å². The highest BCUT2D eigenvalue weighted by molar-refractivity contribution is 8.00. The summed E-state index contributed by atoms with van der Waals surface area (Å²) in [5, 5.41) is 2.79. The van der Waals surface area contributed by atoms with Crippen LogP contribution in [0.25, 0.3) is 39.1 Å². The first-order valence-electron chi connectivity index (χ1n) is 23.3. The van der Waals surface area contributed by atoms with Gasteiger partial charge in [-0.2, -0.15) is 0 Å². The molecular weight excluding hydrogens is 825 g/mol. The van der Waals surface area contributed by atoms with Crippen LogP contribution in [0.3, 0.4) is 0 Å². The Hall–Kier alpha value is -5.53. The van der Waals surface area contributed by atoms with Gasteiger partial charge < -0.3 is 28.4 Å². The molecule has 65 heavy (non-hydrogen) atoms. The smallest absolute Gasteiger partial charge is 0.178 e. The summed E-state index contributed by atoms with van der Waals surface area (Å²) in [5.41, 5.74) is 9.29. The third kappa shape index (κ3) is 7.33. The van der Waals surface area contributed by atoms with Gasteiger partial charge in [-0.3, -0.25) is 0 Å². The number of fused-ring (bicyclic) bond motifs is 10. The van der Waals surface area contributed by atoms with Crippen molar-refractivity contribution in [3.63, 3.8) is 0 Å². The molecule has 10 rings (SSSR count). The Labute approximate surface area is 389 Å². The third-order valence-electron chi connectivity index (χ3n) is 14.7. The van der Waals surface area contributed by atoms with E-state index in [9.17, 15) is 0 Å². The van der Waals surface area contributed by atoms with Crippen LogP contribution in [0, 0.1) is 10.8 Å². The van der Waals surface area contributed by atoms with E-state index in [1.165, 1.54) is 59.3 Å². The second-order valence-corrected chi connectivity index (χ2v) is 21.7. The van der Waals surface area contributed by atoms with Crippen molar-refractivity contribution in [2.24, 2.45) is 10.8 Å². The first-order valence-corrected chi connectivity index (χ1v) is 24.2. The molecule has 0 unspecified atom stereocenters. The molecule has 7 heteroatoms. The lowest BCUT2D eigenvalue weighted by atomic mass is 9.52. The first kappa shape index (κ1) is 43.4. The predicted octanol–water partition coefficient (Wildman–Crippen LogP) is 14.8. The molecule has 3 aliphatic carbocycles. The Morgan fingerprint density at radius 3 is 1.74 bits per heavy atom. The minimum Gasteiger partial charge on any atom is -0.497 e. The first-order chi connectivity index (χ1) is 31.3. The largest absolute Gasteiger partial charge is 0.497 e. The van der Waals surface area contributed by atoms with Gasteiger partial charge in [0.15, 0.2) is 5.60 Å². The van der Waals surface area contributed by atoms with Crippen LogP contribution >= 0.6 is 11.8 Å². The molecule has 6 aromatic rings. The van der Waals surface area contributed by atoms with Gasteiger partial charge in [-0.1, -0.05) is 83.4 Å². The van der Waals surface area contributed by atoms with E-state index in [-0.39, 0.29) is 16.2 Å². The number of thioether (sulfide) groups is 1. The molecule has 6 nitrogen and oxygen atoms in total. The highest BCUT2D eigenvalue weighted by Gasteiger charge is 2.56. The van der Waals surface area contributed by atoms with E-state index in [1.54, 1.807) is 35.5 Å². The van der Waals surface area contributed by atoms with Crippen LogP contribution in [0.5, 0.6) is 34.5 Å². The fourth-order valence-electron chi connectivity index (χ4n) is 12.7. The molecule has 1 aliphatic heterocycles. The Bertz CT molecular complexity index is 2750. The van der Waals surface area contributed by atoms with Gasteiger partial charge in [0.2, 0.25) is 0 Å². The summed E-state index contributed by atoms with van der Waals surface area (Å²) in [4.78, 5) is 1.39. The topological polar surface area (TPSA) is 55.4 Å². The van der Waals surface area contributed by atoms with Gasteiger partial charge in [-0.15, -0.1) is 11.8 Å². The van der Waals surface area contributed by atoms with Gasteiger partial charge in [-0.05, 0) is 137 Å². The van der Waals surface area contributed by atoms with E-state index in [4.69, 9.17) is 28.4 Å². The quantitative estimate of drug-likeness (QED) is 0.136. The highest BCUT2D eigenvalue weighted by atomic mass is 32.2. The molecule has 2 fully saturated rings. The van der Waals surface area contributed by atoms with E-state index in [0.29, 0.717) is 11.0 Å². The molecule has 0 aromatic heterocycles. The van der Waals surface area contributed by atoms with E-state index in [2.05, 4.69) is 112 Å². The molecule has 0 amide bonds. The van der Waals surface area contributed by atoms with E-state index >= 15 is 0 Å². The standard InChI is InChI=1S/C58H62O6S/c1-55(2)33-56(3,4)35-57(34-55)49-30-42(65-41-13-11-10-12-14-41)24-26-44(49)52-47-32-51(63-9)46(43-25-23-40(61-7)29-50(43)62-8)31-48(47)54-45(53(52)57)27-28-58(64-54,36-15-19-38(59-5)20-16-36)37-17-21-39(60-6)22-18-37/h15-32,41H,10-14,33-35H2,1-9H3. The molecule has 4 aliphatic rings. The predicted molar refractivity (Wildman–Crippen MR) is 266 cm³/mol. The number of benzene rings is 6. The monoisotopic (exact) mass is 886 g/mol. The van der Waals surface area contributed by atoms with Gasteiger partial charge in [-0.25, -0.2) is 0 Å². The van der Waals surface area contributed by atoms with Gasteiger partial charge in [0.1, 0.15) is 34.5 Å². The van der Waals surface area contributed by atoms with Crippen molar-refractivity contribution >= 4 is 28.6 Å². The summed E-state index contributed by atoms with van der Waals surface area (Å²) < 4.78 is 37.4. The molecule has 0 N–H and O–H groups in total.